The maximum Gasteiger partial charge on any atom is 0.225 e. The minimum atomic E-state index is 0.540. The molecule has 0 aliphatic carbocycles. The number of likely N-dealkylation sites (N-methyl/N-ethyl adjacent to an activating group) is 2. The van der Waals surface area contributed by atoms with Gasteiger partial charge in [0.25, 0.3) is 0 Å². The van der Waals surface area contributed by atoms with E-state index in [-0.39, 0.29) is 0 Å². The molecule has 1 aromatic heterocycles. The molecule has 3 heterocycles. The first-order chi connectivity index (χ1) is 10.6. The van der Waals surface area contributed by atoms with Gasteiger partial charge >= 0.3 is 0 Å². The number of rotatable bonds is 2. The lowest BCUT2D eigenvalue weighted by Gasteiger charge is -2.34. The molecule has 0 radical (unpaired) electrons. The summed E-state index contributed by atoms with van der Waals surface area (Å²) >= 11 is 0. The number of anilines is 1. The number of nitrogens with one attached hydrogen (secondary N) is 1. The molecule has 2 aliphatic rings. The van der Waals surface area contributed by atoms with Gasteiger partial charge in [0.05, 0.1) is 5.56 Å². The fourth-order valence-electron chi connectivity index (χ4n) is 2.83. The van der Waals surface area contributed by atoms with Gasteiger partial charge in [-0.1, -0.05) is 0 Å². The van der Waals surface area contributed by atoms with Crippen LogP contribution in [0.15, 0.2) is 12.4 Å². The van der Waals surface area contributed by atoms with Crippen LogP contribution in [0.25, 0.3) is 0 Å². The van der Waals surface area contributed by atoms with Gasteiger partial charge in [0.15, 0.2) is 0 Å². The average molecular weight is 303 g/mol. The van der Waals surface area contributed by atoms with E-state index in [0.717, 1.165) is 63.9 Å². The highest BCUT2D eigenvalue weighted by Crippen LogP contribution is 2.12. The van der Waals surface area contributed by atoms with Crippen LogP contribution in [0.4, 0.5) is 5.95 Å². The van der Waals surface area contributed by atoms with Gasteiger partial charge in [0.1, 0.15) is 5.84 Å². The fraction of sp³-hybridized carbons (Fsp3) is 0.667. The summed E-state index contributed by atoms with van der Waals surface area (Å²) < 4.78 is 0. The van der Waals surface area contributed by atoms with Crippen molar-refractivity contribution in [3.05, 3.63) is 18.0 Å². The van der Waals surface area contributed by atoms with E-state index in [1.54, 1.807) is 12.4 Å². The largest absolute Gasteiger partial charge is 0.354 e. The van der Waals surface area contributed by atoms with Crippen LogP contribution in [-0.2, 0) is 0 Å². The molecular weight excluding hydrogens is 278 g/mol. The van der Waals surface area contributed by atoms with Crippen molar-refractivity contribution in [2.45, 2.75) is 0 Å². The molecule has 0 spiro atoms. The lowest BCUT2D eigenvalue weighted by atomic mass is 10.2. The van der Waals surface area contributed by atoms with E-state index in [2.05, 4.69) is 43.7 Å². The monoisotopic (exact) mass is 303 g/mol. The highest BCUT2D eigenvalue weighted by Gasteiger charge is 2.19. The molecule has 0 amide bonds. The second kappa shape index (κ2) is 6.58. The van der Waals surface area contributed by atoms with E-state index in [1.807, 2.05) is 0 Å². The smallest absolute Gasteiger partial charge is 0.225 e. The Morgan fingerprint density at radius 1 is 0.864 bits per heavy atom. The number of aromatic nitrogens is 2. The van der Waals surface area contributed by atoms with Gasteiger partial charge in [0, 0.05) is 64.8 Å². The van der Waals surface area contributed by atoms with E-state index in [0.29, 0.717) is 5.84 Å². The Hall–Kier alpha value is -1.73. The Balaban J connectivity index is 1.62. The second-order valence-corrected chi connectivity index (χ2v) is 6.20. The predicted molar refractivity (Wildman–Crippen MR) is 87.6 cm³/mol. The van der Waals surface area contributed by atoms with Gasteiger partial charge in [-0.25, -0.2) is 9.97 Å². The Morgan fingerprint density at radius 2 is 1.36 bits per heavy atom. The van der Waals surface area contributed by atoms with Crippen LogP contribution in [0.2, 0.25) is 0 Å². The Bertz CT molecular complexity index is 499. The lowest BCUT2D eigenvalue weighted by Crippen LogP contribution is -2.47. The van der Waals surface area contributed by atoms with Crippen LogP contribution in [0.3, 0.4) is 0 Å². The Kier molecular flexibility index (Phi) is 4.54. The van der Waals surface area contributed by atoms with Crippen LogP contribution in [0.5, 0.6) is 0 Å². The number of hydrogen-bond donors (Lipinski definition) is 1. The van der Waals surface area contributed by atoms with E-state index in [1.165, 1.54) is 0 Å². The highest BCUT2D eigenvalue weighted by molar-refractivity contribution is 5.95. The number of nitrogens with zero attached hydrogens (tertiary/aromatic N) is 6. The molecule has 22 heavy (non-hydrogen) atoms. The van der Waals surface area contributed by atoms with Crippen LogP contribution >= 0.6 is 0 Å². The van der Waals surface area contributed by atoms with Crippen LogP contribution < -0.4 is 4.90 Å². The molecule has 7 heteroatoms. The first kappa shape index (κ1) is 15.2. The van der Waals surface area contributed by atoms with E-state index in [4.69, 9.17) is 5.41 Å². The van der Waals surface area contributed by atoms with Crippen molar-refractivity contribution in [3.8, 4) is 0 Å². The van der Waals surface area contributed by atoms with Gasteiger partial charge in [0.2, 0.25) is 5.95 Å². The number of hydrogen-bond acceptors (Lipinski definition) is 6. The third-order valence-electron chi connectivity index (χ3n) is 4.52. The highest BCUT2D eigenvalue weighted by atomic mass is 15.3. The van der Waals surface area contributed by atoms with Crippen molar-refractivity contribution in [2.24, 2.45) is 0 Å². The SMILES string of the molecule is CN1CCN(C(=N)c2cnc(N3CCN(C)CC3)nc2)CC1. The zero-order valence-electron chi connectivity index (χ0n) is 13.5. The molecule has 1 aromatic rings. The fourth-order valence-corrected chi connectivity index (χ4v) is 2.83. The van der Waals surface area contributed by atoms with Gasteiger partial charge in [-0.15, -0.1) is 0 Å². The van der Waals surface area contributed by atoms with Crippen LogP contribution in [0.1, 0.15) is 5.56 Å². The molecule has 0 atom stereocenters. The summed E-state index contributed by atoms with van der Waals surface area (Å²) in [4.78, 5) is 17.9. The predicted octanol–water partition coefficient (Wildman–Crippen LogP) is -0.199. The standard InChI is InChI=1S/C15H25N7/c1-19-3-7-21(8-4-19)14(16)13-11-17-15(18-12-13)22-9-5-20(2)6-10-22/h11-12,16H,3-10H2,1-2H3. The zero-order valence-corrected chi connectivity index (χ0v) is 13.5. The third-order valence-corrected chi connectivity index (χ3v) is 4.52. The molecule has 3 rings (SSSR count). The van der Waals surface area contributed by atoms with Crippen molar-refractivity contribution in [1.82, 2.24) is 24.7 Å². The molecule has 2 fully saturated rings. The van der Waals surface area contributed by atoms with Crippen molar-refractivity contribution in [1.29, 1.82) is 5.41 Å². The number of piperazine rings is 2. The quantitative estimate of drug-likeness (QED) is 0.603. The average Bonchev–Trinajstić information content (AvgIpc) is 2.56. The maximum absolute atomic E-state index is 8.34. The number of amidine groups is 1. The molecule has 0 saturated carbocycles. The summed E-state index contributed by atoms with van der Waals surface area (Å²) in [7, 11) is 4.26. The van der Waals surface area contributed by atoms with Gasteiger partial charge in [-0.05, 0) is 14.1 Å². The molecule has 120 valence electrons. The molecule has 2 saturated heterocycles. The molecular formula is C15H25N7. The summed E-state index contributed by atoms with van der Waals surface area (Å²) in [6.45, 7) is 7.82. The lowest BCUT2D eigenvalue weighted by molar-refractivity contribution is 0.215. The summed E-state index contributed by atoms with van der Waals surface area (Å²) in [6.07, 6.45) is 3.59. The first-order valence-electron chi connectivity index (χ1n) is 7.91. The Labute approximate surface area is 132 Å². The molecule has 1 N–H and O–H groups in total. The van der Waals surface area contributed by atoms with E-state index >= 15 is 0 Å². The normalized spacial score (nSPS) is 21.2. The van der Waals surface area contributed by atoms with Gasteiger partial charge in [-0.2, -0.15) is 0 Å². The minimum Gasteiger partial charge on any atom is -0.354 e. The van der Waals surface area contributed by atoms with Crippen molar-refractivity contribution in [2.75, 3.05) is 71.4 Å². The van der Waals surface area contributed by atoms with Crippen molar-refractivity contribution in [3.63, 3.8) is 0 Å². The van der Waals surface area contributed by atoms with E-state index in [9.17, 15) is 0 Å². The van der Waals surface area contributed by atoms with Crippen LogP contribution in [-0.4, -0.2) is 97.0 Å². The summed E-state index contributed by atoms with van der Waals surface area (Å²) in [5, 5.41) is 8.34. The van der Waals surface area contributed by atoms with Crippen LogP contribution in [0, 0.1) is 5.41 Å². The molecule has 2 aliphatic heterocycles. The topological polar surface area (TPSA) is 62.6 Å². The summed E-state index contributed by atoms with van der Waals surface area (Å²) in [6, 6.07) is 0. The third kappa shape index (κ3) is 3.36. The first-order valence-corrected chi connectivity index (χ1v) is 7.91. The molecule has 0 bridgehead atoms. The van der Waals surface area contributed by atoms with Crippen molar-refractivity contribution < 1.29 is 0 Å². The molecule has 0 aromatic carbocycles. The van der Waals surface area contributed by atoms with E-state index < -0.39 is 0 Å². The summed E-state index contributed by atoms with van der Waals surface area (Å²) in [5.41, 5.74) is 0.808. The minimum absolute atomic E-state index is 0.540. The zero-order chi connectivity index (χ0) is 15.5. The maximum atomic E-state index is 8.34. The van der Waals surface area contributed by atoms with Gasteiger partial charge < -0.3 is 19.6 Å². The molecule has 7 nitrogen and oxygen atoms in total. The second-order valence-electron chi connectivity index (χ2n) is 6.20. The van der Waals surface area contributed by atoms with Gasteiger partial charge in [-0.3, -0.25) is 5.41 Å². The molecule has 0 unspecified atom stereocenters. The van der Waals surface area contributed by atoms with Crippen molar-refractivity contribution >= 4 is 11.8 Å². The Morgan fingerprint density at radius 3 is 1.91 bits per heavy atom. The summed E-state index contributed by atoms with van der Waals surface area (Å²) in [5.74, 6) is 1.32.